The molecule has 2 aromatic heterocycles. The number of nitrogens with zero attached hydrogens (tertiary/aromatic N) is 3. The molecule has 2 aliphatic rings. The minimum absolute atomic E-state index is 0.0226. The lowest BCUT2D eigenvalue weighted by Crippen LogP contribution is -2.47. The first-order valence-electron chi connectivity index (χ1n) is 11.1. The van der Waals surface area contributed by atoms with Crippen molar-refractivity contribution < 1.29 is 4.79 Å². The molecule has 2 atom stereocenters. The number of amides is 1. The number of carbonyl (C=O) groups excluding carboxylic acids is 1. The second-order valence-electron chi connectivity index (χ2n) is 8.83. The van der Waals surface area contributed by atoms with E-state index in [0.29, 0.717) is 19.1 Å². The Labute approximate surface area is 181 Å². The molecule has 1 N–H and O–H groups in total. The van der Waals surface area contributed by atoms with E-state index in [1.54, 1.807) is 17.7 Å². The molecular weight excluding hydrogens is 388 g/mol. The summed E-state index contributed by atoms with van der Waals surface area (Å²) < 4.78 is 1.58. The molecule has 160 valence electrons. The highest BCUT2D eigenvalue weighted by Gasteiger charge is 2.40. The summed E-state index contributed by atoms with van der Waals surface area (Å²) in [5.41, 5.74) is 2.12. The number of aromatic nitrogens is 2. The summed E-state index contributed by atoms with van der Waals surface area (Å²) >= 11 is 0. The third-order valence-electron chi connectivity index (χ3n) is 6.74. The van der Waals surface area contributed by atoms with Crippen LogP contribution in [0.2, 0.25) is 0 Å². The lowest BCUT2D eigenvalue weighted by molar-refractivity contribution is -0.138. The smallest absolute Gasteiger partial charge is 0.250 e. The molecular formula is C25H28N4O2. The summed E-state index contributed by atoms with van der Waals surface area (Å²) in [7, 11) is 1.76. The molecule has 1 saturated heterocycles. The van der Waals surface area contributed by atoms with Crippen LogP contribution in [-0.4, -0.2) is 39.5 Å². The van der Waals surface area contributed by atoms with Crippen LogP contribution < -0.4 is 10.9 Å². The monoisotopic (exact) mass is 416 g/mol. The highest BCUT2D eigenvalue weighted by atomic mass is 16.2. The minimum Gasteiger partial charge on any atom is -0.335 e. The van der Waals surface area contributed by atoms with Crippen LogP contribution in [0.25, 0.3) is 10.8 Å². The minimum atomic E-state index is -0.155. The van der Waals surface area contributed by atoms with Crippen LogP contribution in [-0.2, 0) is 18.4 Å². The first kappa shape index (κ1) is 19.9. The van der Waals surface area contributed by atoms with Gasteiger partial charge in [-0.15, -0.1) is 0 Å². The number of pyridine rings is 2. The summed E-state index contributed by atoms with van der Waals surface area (Å²) in [4.78, 5) is 32.4. The van der Waals surface area contributed by atoms with Crippen molar-refractivity contribution in [1.82, 2.24) is 19.8 Å². The topological polar surface area (TPSA) is 67.2 Å². The number of rotatable bonds is 5. The van der Waals surface area contributed by atoms with Gasteiger partial charge in [0.25, 0.3) is 5.56 Å². The average molecular weight is 417 g/mol. The van der Waals surface area contributed by atoms with Gasteiger partial charge in [-0.1, -0.05) is 18.2 Å². The van der Waals surface area contributed by atoms with Crippen LogP contribution in [0.5, 0.6) is 0 Å². The fourth-order valence-electron chi connectivity index (χ4n) is 4.81. The van der Waals surface area contributed by atoms with Gasteiger partial charge in [0.05, 0.1) is 5.92 Å². The second-order valence-corrected chi connectivity index (χ2v) is 8.83. The van der Waals surface area contributed by atoms with E-state index >= 15 is 0 Å². The van der Waals surface area contributed by atoms with Crippen molar-refractivity contribution >= 4 is 16.7 Å². The van der Waals surface area contributed by atoms with Crippen LogP contribution in [0.3, 0.4) is 0 Å². The zero-order chi connectivity index (χ0) is 21.4. The quantitative estimate of drug-likeness (QED) is 0.695. The van der Waals surface area contributed by atoms with Gasteiger partial charge in [0.15, 0.2) is 0 Å². The highest BCUT2D eigenvalue weighted by molar-refractivity contribution is 5.86. The van der Waals surface area contributed by atoms with Crippen molar-refractivity contribution in [1.29, 1.82) is 0 Å². The number of carbonyl (C=O) groups is 1. The molecule has 1 aliphatic heterocycles. The van der Waals surface area contributed by atoms with Gasteiger partial charge in [-0.25, -0.2) is 0 Å². The number of hydrogen-bond donors (Lipinski definition) is 1. The zero-order valence-electron chi connectivity index (χ0n) is 17.8. The molecule has 0 radical (unpaired) electrons. The highest BCUT2D eigenvalue weighted by Crippen LogP contribution is 2.36. The number of piperidine rings is 1. The largest absolute Gasteiger partial charge is 0.335 e. The van der Waals surface area contributed by atoms with Gasteiger partial charge in [-0.05, 0) is 60.4 Å². The van der Waals surface area contributed by atoms with Crippen LogP contribution in [0, 0.1) is 5.92 Å². The number of fused-ring (bicyclic) bond motifs is 1. The van der Waals surface area contributed by atoms with E-state index in [0.717, 1.165) is 47.7 Å². The van der Waals surface area contributed by atoms with Crippen LogP contribution >= 0.6 is 0 Å². The molecule has 2 fully saturated rings. The molecule has 31 heavy (non-hydrogen) atoms. The molecule has 6 heteroatoms. The van der Waals surface area contributed by atoms with Gasteiger partial charge in [0.2, 0.25) is 5.91 Å². The first-order chi connectivity index (χ1) is 15.1. The summed E-state index contributed by atoms with van der Waals surface area (Å²) in [6.07, 6.45) is 8.49. The molecule has 3 aromatic rings. The molecule has 1 amide bonds. The summed E-state index contributed by atoms with van der Waals surface area (Å²) in [5.74, 6) is 0.116. The predicted octanol–water partition coefficient (Wildman–Crippen LogP) is 2.82. The van der Waals surface area contributed by atoms with Crippen LogP contribution in [0.1, 0.15) is 36.3 Å². The Kier molecular flexibility index (Phi) is 5.32. The third kappa shape index (κ3) is 4.00. The first-order valence-corrected chi connectivity index (χ1v) is 11.1. The van der Waals surface area contributed by atoms with Crippen LogP contribution in [0.15, 0.2) is 59.8 Å². The predicted molar refractivity (Wildman–Crippen MR) is 121 cm³/mol. The lowest BCUT2D eigenvalue weighted by atomic mass is 9.80. The summed E-state index contributed by atoms with van der Waals surface area (Å²) in [5, 5.41) is 5.66. The second kappa shape index (κ2) is 8.27. The Morgan fingerprint density at radius 2 is 2.10 bits per heavy atom. The Bertz CT molecular complexity index is 1160. The summed E-state index contributed by atoms with van der Waals surface area (Å²) in [6.45, 7) is 2.13. The maximum atomic E-state index is 13.8. The van der Waals surface area contributed by atoms with Crippen molar-refractivity contribution in [2.45, 2.75) is 37.8 Å². The van der Waals surface area contributed by atoms with E-state index in [-0.39, 0.29) is 23.3 Å². The van der Waals surface area contributed by atoms with Gasteiger partial charge in [0, 0.05) is 56.2 Å². The van der Waals surface area contributed by atoms with Crippen molar-refractivity contribution in [2.24, 2.45) is 13.0 Å². The SMILES string of the molecule is Cn1ccc(C2CCNC[C@@H]2C(=O)N(Cc2cccc3cnccc23)C2CC2)cc1=O. The van der Waals surface area contributed by atoms with E-state index in [9.17, 15) is 9.59 Å². The van der Waals surface area contributed by atoms with Crippen LogP contribution in [0.4, 0.5) is 0 Å². The maximum Gasteiger partial charge on any atom is 0.250 e. The maximum absolute atomic E-state index is 13.8. The van der Waals surface area contributed by atoms with Gasteiger partial charge < -0.3 is 14.8 Å². The summed E-state index contributed by atoms with van der Waals surface area (Å²) in [6, 6.07) is 12.3. The normalized spacial score (nSPS) is 21.2. The molecule has 3 heterocycles. The van der Waals surface area contributed by atoms with Crippen molar-refractivity contribution in [3.05, 3.63) is 76.5 Å². The number of aryl methyl sites for hydroxylation is 1. The molecule has 1 unspecified atom stereocenters. The third-order valence-corrected chi connectivity index (χ3v) is 6.74. The van der Waals surface area contributed by atoms with Gasteiger partial charge >= 0.3 is 0 Å². The van der Waals surface area contributed by atoms with E-state index in [1.165, 1.54) is 0 Å². The lowest BCUT2D eigenvalue weighted by Gasteiger charge is -2.36. The molecule has 1 saturated carbocycles. The molecule has 1 aliphatic carbocycles. The molecule has 1 aromatic carbocycles. The molecule has 0 bridgehead atoms. The van der Waals surface area contributed by atoms with Gasteiger partial charge in [0.1, 0.15) is 0 Å². The van der Waals surface area contributed by atoms with Crippen molar-refractivity contribution in [3.63, 3.8) is 0 Å². The molecule has 6 nitrogen and oxygen atoms in total. The van der Waals surface area contributed by atoms with E-state index in [1.807, 2.05) is 36.8 Å². The average Bonchev–Trinajstić information content (AvgIpc) is 3.64. The van der Waals surface area contributed by atoms with Crippen molar-refractivity contribution in [3.8, 4) is 0 Å². The van der Waals surface area contributed by atoms with E-state index < -0.39 is 0 Å². The number of hydrogen-bond acceptors (Lipinski definition) is 4. The molecule has 0 spiro atoms. The Morgan fingerprint density at radius 1 is 1.23 bits per heavy atom. The fraction of sp³-hybridized carbons (Fsp3) is 0.400. The Balaban J connectivity index is 1.45. The van der Waals surface area contributed by atoms with Gasteiger partial charge in [-0.3, -0.25) is 14.6 Å². The molecule has 5 rings (SSSR count). The fourth-order valence-corrected chi connectivity index (χ4v) is 4.81. The van der Waals surface area contributed by atoms with Crippen molar-refractivity contribution in [2.75, 3.05) is 13.1 Å². The van der Waals surface area contributed by atoms with E-state index in [4.69, 9.17) is 0 Å². The Hall–Kier alpha value is -2.99. The number of nitrogens with one attached hydrogen (secondary N) is 1. The Morgan fingerprint density at radius 3 is 2.90 bits per heavy atom. The standard InChI is InChI=1S/C25H28N4O2/c1-28-12-9-17(13-24(28)30)22-8-11-27-15-23(22)25(31)29(20-5-6-20)16-19-4-2-3-18-14-26-10-7-21(18)19/h2-4,7,9-10,12-14,20,22-23,27H,5-6,8,11,15-16H2,1H3/t22?,23-/m0/s1. The van der Waals surface area contributed by atoms with Gasteiger partial charge in [-0.2, -0.15) is 0 Å². The number of benzene rings is 1. The zero-order valence-corrected chi connectivity index (χ0v) is 17.8. The van der Waals surface area contributed by atoms with E-state index in [2.05, 4.69) is 27.3 Å².